The fourth-order valence-corrected chi connectivity index (χ4v) is 3.80. The number of nitrogens with zero attached hydrogens (tertiary/aromatic N) is 2. The maximum absolute atomic E-state index is 10.9. The Morgan fingerprint density at radius 2 is 2.00 bits per heavy atom. The molecule has 2 fully saturated rings. The third-order valence-electron chi connectivity index (χ3n) is 4.65. The van der Waals surface area contributed by atoms with Gasteiger partial charge in [0, 0.05) is 30.7 Å². The molecule has 1 N–H and O–H groups in total. The molecule has 4 nitrogen and oxygen atoms in total. The molecule has 2 aliphatic heterocycles. The number of carbonyl (C=O) groups is 1. The summed E-state index contributed by atoms with van der Waals surface area (Å²) in [7, 11) is 0. The molecule has 0 aromatic carbocycles. The first kappa shape index (κ1) is 14.8. The molecule has 0 bridgehead atoms. The van der Waals surface area contributed by atoms with Gasteiger partial charge in [-0.05, 0) is 46.6 Å². The van der Waals surface area contributed by atoms with Crippen molar-refractivity contribution in [2.24, 2.45) is 0 Å². The van der Waals surface area contributed by atoms with Gasteiger partial charge in [-0.25, -0.2) is 0 Å². The lowest BCUT2D eigenvalue weighted by Crippen LogP contribution is -2.54. The fraction of sp³-hybridized carbons (Fsp3) is 0.933. The number of rotatable bonds is 4. The van der Waals surface area contributed by atoms with Crippen LogP contribution >= 0.6 is 0 Å². The molecule has 19 heavy (non-hydrogen) atoms. The van der Waals surface area contributed by atoms with Crippen molar-refractivity contribution < 1.29 is 9.90 Å². The van der Waals surface area contributed by atoms with Crippen LogP contribution in [0.1, 0.15) is 52.9 Å². The highest BCUT2D eigenvalue weighted by Crippen LogP contribution is 2.33. The van der Waals surface area contributed by atoms with Crippen molar-refractivity contribution in [1.29, 1.82) is 0 Å². The van der Waals surface area contributed by atoms with Gasteiger partial charge in [-0.1, -0.05) is 6.42 Å². The monoisotopic (exact) mass is 268 g/mol. The van der Waals surface area contributed by atoms with E-state index < -0.39 is 5.97 Å². The van der Waals surface area contributed by atoms with Crippen LogP contribution in [0.3, 0.4) is 0 Å². The maximum Gasteiger partial charge on any atom is 0.304 e. The van der Waals surface area contributed by atoms with Crippen molar-refractivity contribution in [2.75, 3.05) is 19.6 Å². The molecule has 4 heteroatoms. The van der Waals surface area contributed by atoms with Gasteiger partial charge in [0.1, 0.15) is 0 Å². The van der Waals surface area contributed by atoms with Crippen molar-refractivity contribution in [1.82, 2.24) is 9.80 Å². The summed E-state index contributed by atoms with van der Waals surface area (Å²) in [6.07, 6.45) is 5.38. The average molecular weight is 268 g/mol. The van der Waals surface area contributed by atoms with E-state index in [9.17, 15) is 4.79 Å². The first-order valence-electron chi connectivity index (χ1n) is 7.62. The largest absolute Gasteiger partial charge is 0.481 e. The Bertz CT molecular complexity index is 325. The molecule has 2 atom stereocenters. The van der Waals surface area contributed by atoms with Gasteiger partial charge < -0.3 is 5.11 Å². The molecule has 0 saturated carbocycles. The second-order valence-corrected chi connectivity index (χ2v) is 6.96. The van der Waals surface area contributed by atoms with E-state index in [-0.39, 0.29) is 12.0 Å². The highest BCUT2D eigenvalue weighted by Gasteiger charge is 2.41. The quantitative estimate of drug-likeness (QED) is 0.849. The Morgan fingerprint density at radius 1 is 1.26 bits per heavy atom. The van der Waals surface area contributed by atoms with Gasteiger partial charge in [-0.2, -0.15) is 0 Å². The van der Waals surface area contributed by atoms with E-state index in [1.54, 1.807) is 0 Å². The van der Waals surface area contributed by atoms with Gasteiger partial charge in [-0.15, -0.1) is 0 Å². The number of fused-ring (bicyclic) bond motifs is 1. The van der Waals surface area contributed by atoms with Crippen LogP contribution in [0, 0.1) is 0 Å². The molecule has 2 unspecified atom stereocenters. The number of piperidine rings is 1. The number of hydrogen-bond acceptors (Lipinski definition) is 3. The lowest BCUT2D eigenvalue weighted by atomic mass is 9.93. The van der Waals surface area contributed by atoms with Crippen LogP contribution in [0.15, 0.2) is 0 Å². The molecule has 0 spiro atoms. The standard InChI is InChI=1S/C15H28N2O2/c1-15(2,3)17(11-8-14(18)19)13-7-10-16-9-5-4-6-12(13)16/h12-13H,4-11H2,1-3H3,(H,18,19). The molecule has 0 aliphatic carbocycles. The summed E-state index contributed by atoms with van der Waals surface area (Å²) in [5.74, 6) is -0.687. The highest BCUT2D eigenvalue weighted by molar-refractivity contribution is 5.66. The maximum atomic E-state index is 10.9. The molecular weight excluding hydrogens is 240 g/mol. The predicted molar refractivity (Wildman–Crippen MR) is 76.3 cm³/mol. The zero-order chi connectivity index (χ0) is 14.0. The zero-order valence-corrected chi connectivity index (χ0v) is 12.6. The summed E-state index contributed by atoms with van der Waals surface area (Å²) in [5, 5.41) is 8.97. The van der Waals surface area contributed by atoms with E-state index in [0.29, 0.717) is 18.6 Å². The molecule has 2 heterocycles. The van der Waals surface area contributed by atoms with Gasteiger partial charge in [0.2, 0.25) is 0 Å². The molecule has 2 saturated heterocycles. The minimum absolute atomic E-state index is 0.0492. The molecule has 0 aromatic rings. The summed E-state index contributed by atoms with van der Waals surface area (Å²) in [5.41, 5.74) is 0.0492. The Hall–Kier alpha value is -0.610. The Labute approximate surface area is 116 Å². The Balaban J connectivity index is 2.07. The lowest BCUT2D eigenvalue weighted by Gasteiger charge is -2.44. The molecule has 0 amide bonds. The third kappa shape index (κ3) is 3.48. The Morgan fingerprint density at radius 3 is 2.63 bits per heavy atom. The molecule has 2 rings (SSSR count). The van der Waals surface area contributed by atoms with Crippen molar-refractivity contribution in [3.8, 4) is 0 Å². The van der Waals surface area contributed by atoms with Crippen LogP contribution in [0.25, 0.3) is 0 Å². The van der Waals surface area contributed by atoms with Gasteiger partial charge in [0.25, 0.3) is 0 Å². The van der Waals surface area contributed by atoms with Crippen LogP contribution in [0.4, 0.5) is 0 Å². The smallest absolute Gasteiger partial charge is 0.304 e. The zero-order valence-electron chi connectivity index (χ0n) is 12.6. The van der Waals surface area contributed by atoms with Crippen LogP contribution < -0.4 is 0 Å². The summed E-state index contributed by atoms with van der Waals surface area (Å²) in [6, 6.07) is 1.20. The van der Waals surface area contributed by atoms with E-state index >= 15 is 0 Å². The van der Waals surface area contributed by atoms with E-state index in [2.05, 4.69) is 30.6 Å². The summed E-state index contributed by atoms with van der Waals surface area (Å²) < 4.78 is 0. The third-order valence-corrected chi connectivity index (χ3v) is 4.65. The van der Waals surface area contributed by atoms with Crippen molar-refractivity contribution in [3.05, 3.63) is 0 Å². The van der Waals surface area contributed by atoms with Crippen molar-refractivity contribution in [3.63, 3.8) is 0 Å². The SMILES string of the molecule is CC(C)(C)N(CCC(=O)O)C1CCN2CCCCC12. The number of hydrogen-bond donors (Lipinski definition) is 1. The molecule has 110 valence electrons. The van der Waals surface area contributed by atoms with Gasteiger partial charge in [0.15, 0.2) is 0 Å². The van der Waals surface area contributed by atoms with E-state index in [1.165, 1.54) is 38.8 Å². The first-order chi connectivity index (χ1) is 8.89. The minimum Gasteiger partial charge on any atom is -0.481 e. The number of carboxylic acids is 1. The molecular formula is C15H28N2O2. The Kier molecular flexibility index (Phi) is 4.51. The molecule has 0 radical (unpaired) electrons. The fourth-order valence-electron chi connectivity index (χ4n) is 3.80. The topological polar surface area (TPSA) is 43.8 Å². The molecule has 2 aliphatic rings. The minimum atomic E-state index is -0.687. The van der Waals surface area contributed by atoms with Crippen molar-refractivity contribution in [2.45, 2.75) is 70.5 Å². The highest BCUT2D eigenvalue weighted by atomic mass is 16.4. The second-order valence-electron chi connectivity index (χ2n) is 6.96. The normalized spacial score (nSPS) is 28.6. The van der Waals surface area contributed by atoms with Crippen LogP contribution in [0.2, 0.25) is 0 Å². The average Bonchev–Trinajstić information content (AvgIpc) is 2.71. The predicted octanol–water partition coefficient (Wildman–Crippen LogP) is 2.19. The van der Waals surface area contributed by atoms with Gasteiger partial charge >= 0.3 is 5.97 Å². The molecule has 0 aromatic heterocycles. The van der Waals surface area contributed by atoms with Crippen LogP contribution in [0.5, 0.6) is 0 Å². The van der Waals surface area contributed by atoms with E-state index in [0.717, 1.165) is 0 Å². The van der Waals surface area contributed by atoms with Gasteiger partial charge in [-0.3, -0.25) is 14.6 Å². The van der Waals surface area contributed by atoms with Crippen LogP contribution in [-0.4, -0.2) is 58.1 Å². The van der Waals surface area contributed by atoms with E-state index in [1.807, 2.05) is 0 Å². The van der Waals surface area contributed by atoms with E-state index in [4.69, 9.17) is 5.11 Å². The summed E-state index contributed by atoms with van der Waals surface area (Å²) in [6.45, 7) is 9.72. The van der Waals surface area contributed by atoms with Gasteiger partial charge in [0.05, 0.1) is 6.42 Å². The first-order valence-corrected chi connectivity index (χ1v) is 7.62. The summed E-state index contributed by atoms with van der Waals surface area (Å²) >= 11 is 0. The summed E-state index contributed by atoms with van der Waals surface area (Å²) in [4.78, 5) is 16.0. The van der Waals surface area contributed by atoms with Crippen molar-refractivity contribution >= 4 is 5.97 Å². The second kappa shape index (κ2) is 5.80. The van der Waals surface area contributed by atoms with Crippen LogP contribution in [-0.2, 0) is 4.79 Å². The number of carboxylic acid groups (broad SMARTS) is 1. The number of aliphatic carboxylic acids is 1. The lowest BCUT2D eigenvalue weighted by molar-refractivity contribution is -0.137.